The Kier molecular flexibility index (Phi) is 5.87. The molecule has 0 bridgehead atoms. The van der Waals surface area contributed by atoms with Gasteiger partial charge in [-0.25, -0.2) is 14.4 Å². The molecule has 3 atom stereocenters. The molecule has 0 saturated carbocycles. The standard InChI is InChI=1S/C27H35FN4/c1-8-13-19(18(6)17(4)5)24-29-16-23-25(30-24)31(7)26-20(9-2)27(28,10-3)21-14-11-12-15-22(21)32(23)26/h8,11-17,20,26H,9-10H2,1-7H3/b13-8-,19-18+. The summed E-state index contributed by atoms with van der Waals surface area (Å²) >= 11 is 0. The predicted molar refractivity (Wildman–Crippen MR) is 132 cm³/mol. The Morgan fingerprint density at radius 2 is 1.94 bits per heavy atom. The number of hydrogen-bond donors (Lipinski definition) is 0. The number of halogens is 1. The predicted octanol–water partition coefficient (Wildman–Crippen LogP) is 7.01. The quantitative estimate of drug-likeness (QED) is 0.474. The number of benzene rings is 1. The van der Waals surface area contributed by atoms with E-state index in [0.717, 1.165) is 40.6 Å². The van der Waals surface area contributed by atoms with Crippen molar-refractivity contribution >= 4 is 22.8 Å². The Morgan fingerprint density at radius 1 is 1.22 bits per heavy atom. The van der Waals surface area contributed by atoms with Crippen LogP contribution in [0.25, 0.3) is 5.57 Å². The molecule has 1 aromatic carbocycles. The smallest absolute Gasteiger partial charge is 0.161 e. The second-order valence-electron chi connectivity index (χ2n) is 9.30. The van der Waals surface area contributed by atoms with Gasteiger partial charge in [-0.15, -0.1) is 0 Å². The molecule has 0 amide bonds. The third-order valence-corrected chi connectivity index (χ3v) is 7.38. The van der Waals surface area contributed by atoms with Gasteiger partial charge >= 0.3 is 0 Å². The van der Waals surface area contributed by atoms with Gasteiger partial charge in [-0.1, -0.05) is 63.6 Å². The zero-order chi connectivity index (χ0) is 23.2. The zero-order valence-corrected chi connectivity index (χ0v) is 20.4. The molecule has 0 saturated heterocycles. The van der Waals surface area contributed by atoms with E-state index in [1.54, 1.807) is 0 Å². The summed E-state index contributed by atoms with van der Waals surface area (Å²) in [5.41, 5.74) is 3.60. The third kappa shape index (κ3) is 3.16. The molecule has 0 fully saturated rings. The summed E-state index contributed by atoms with van der Waals surface area (Å²) in [6, 6.07) is 7.91. The summed E-state index contributed by atoms with van der Waals surface area (Å²) in [5, 5.41) is 0. The van der Waals surface area contributed by atoms with Gasteiger partial charge in [0, 0.05) is 29.8 Å². The Bertz CT molecular complexity index is 1070. The molecule has 0 aliphatic carbocycles. The largest absolute Gasteiger partial charge is 0.337 e. The summed E-state index contributed by atoms with van der Waals surface area (Å²) in [6.07, 6.45) is 7.12. The molecule has 3 heterocycles. The molecular formula is C27H35FN4. The van der Waals surface area contributed by atoms with Gasteiger partial charge < -0.3 is 9.80 Å². The number of anilines is 3. The van der Waals surface area contributed by atoms with E-state index in [9.17, 15) is 0 Å². The van der Waals surface area contributed by atoms with Crippen molar-refractivity contribution in [1.29, 1.82) is 0 Å². The SMILES string of the molecule is C/C=C\C(=C(\C)C(C)C)c1ncc2c(n1)N(C)C1C(CC)C(F)(CC)c3ccccc3N21. The van der Waals surface area contributed by atoms with Crippen LogP contribution in [0, 0.1) is 11.8 Å². The van der Waals surface area contributed by atoms with Gasteiger partial charge in [0.1, 0.15) is 17.5 Å². The first-order chi connectivity index (χ1) is 15.3. The number of hydrogen-bond acceptors (Lipinski definition) is 4. The van der Waals surface area contributed by atoms with Gasteiger partial charge in [-0.3, -0.25) is 0 Å². The second-order valence-corrected chi connectivity index (χ2v) is 9.30. The lowest BCUT2D eigenvalue weighted by atomic mass is 9.73. The van der Waals surface area contributed by atoms with E-state index in [1.165, 1.54) is 5.57 Å². The van der Waals surface area contributed by atoms with Crippen LogP contribution in [-0.2, 0) is 5.67 Å². The van der Waals surface area contributed by atoms with E-state index in [0.29, 0.717) is 12.3 Å². The number of para-hydroxylation sites is 1. The minimum atomic E-state index is -1.37. The molecule has 2 aliphatic rings. The summed E-state index contributed by atoms with van der Waals surface area (Å²) in [6.45, 7) is 12.6. The topological polar surface area (TPSA) is 32.3 Å². The molecule has 0 spiro atoms. The van der Waals surface area contributed by atoms with Crippen LogP contribution < -0.4 is 9.80 Å². The van der Waals surface area contributed by atoms with E-state index in [-0.39, 0.29) is 12.1 Å². The van der Waals surface area contributed by atoms with Crippen LogP contribution in [0.1, 0.15) is 65.8 Å². The van der Waals surface area contributed by atoms with Crippen molar-refractivity contribution < 1.29 is 4.39 Å². The van der Waals surface area contributed by atoms with Gasteiger partial charge in [0.2, 0.25) is 0 Å². The monoisotopic (exact) mass is 434 g/mol. The molecule has 4 rings (SSSR count). The van der Waals surface area contributed by atoms with Crippen LogP contribution in [0.3, 0.4) is 0 Å². The molecular weight excluding hydrogens is 399 g/mol. The first-order valence-electron chi connectivity index (χ1n) is 11.8. The third-order valence-electron chi connectivity index (χ3n) is 7.38. The molecule has 2 aromatic rings. The van der Waals surface area contributed by atoms with Crippen LogP contribution in [0.5, 0.6) is 0 Å². The van der Waals surface area contributed by atoms with Crippen molar-refractivity contribution in [1.82, 2.24) is 9.97 Å². The van der Waals surface area contributed by atoms with Gasteiger partial charge in [0.05, 0.1) is 6.20 Å². The van der Waals surface area contributed by atoms with E-state index in [4.69, 9.17) is 9.97 Å². The second kappa shape index (κ2) is 8.34. The van der Waals surface area contributed by atoms with Gasteiger partial charge in [-0.05, 0) is 38.7 Å². The highest BCUT2D eigenvalue weighted by atomic mass is 19.1. The minimum absolute atomic E-state index is 0.125. The van der Waals surface area contributed by atoms with Crippen molar-refractivity contribution in [3.63, 3.8) is 0 Å². The molecule has 2 aliphatic heterocycles. The van der Waals surface area contributed by atoms with Crippen LogP contribution in [0.15, 0.2) is 48.2 Å². The number of fused-ring (bicyclic) bond motifs is 5. The Hall–Kier alpha value is -2.69. The number of alkyl halides is 1. The first-order valence-corrected chi connectivity index (χ1v) is 11.8. The van der Waals surface area contributed by atoms with Gasteiger partial charge in [0.25, 0.3) is 0 Å². The van der Waals surface area contributed by atoms with Crippen molar-refractivity contribution in [3.05, 3.63) is 59.6 Å². The Morgan fingerprint density at radius 3 is 2.56 bits per heavy atom. The number of rotatable bonds is 5. The lowest BCUT2D eigenvalue weighted by Crippen LogP contribution is -2.55. The first kappa shape index (κ1) is 22.5. The maximum atomic E-state index is 16.6. The van der Waals surface area contributed by atoms with Crippen molar-refractivity contribution in [2.75, 3.05) is 16.8 Å². The Balaban J connectivity index is 1.92. The van der Waals surface area contributed by atoms with Crippen LogP contribution >= 0.6 is 0 Å². The molecule has 170 valence electrons. The lowest BCUT2D eigenvalue weighted by Gasteiger charge is -2.48. The van der Waals surface area contributed by atoms with Crippen molar-refractivity contribution in [2.24, 2.45) is 11.8 Å². The lowest BCUT2D eigenvalue weighted by molar-refractivity contribution is 0.0473. The van der Waals surface area contributed by atoms with Crippen LogP contribution in [0.2, 0.25) is 0 Å². The fourth-order valence-corrected chi connectivity index (χ4v) is 5.41. The summed E-state index contributed by atoms with van der Waals surface area (Å²) < 4.78 is 16.6. The number of allylic oxidation sites excluding steroid dienone is 4. The van der Waals surface area contributed by atoms with Crippen LogP contribution in [0.4, 0.5) is 21.6 Å². The highest BCUT2D eigenvalue weighted by molar-refractivity contribution is 5.85. The molecule has 32 heavy (non-hydrogen) atoms. The zero-order valence-electron chi connectivity index (χ0n) is 20.4. The average molecular weight is 435 g/mol. The van der Waals surface area contributed by atoms with Gasteiger partial charge in [-0.2, -0.15) is 0 Å². The average Bonchev–Trinajstić information content (AvgIpc) is 3.09. The minimum Gasteiger partial charge on any atom is -0.337 e. The summed E-state index contributed by atoms with van der Waals surface area (Å²) in [4.78, 5) is 14.2. The highest BCUT2D eigenvalue weighted by Gasteiger charge is 2.55. The van der Waals surface area contributed by atoms with E-state index >= 15 is 4.39 Å². The molecule has 0 radical (unpaired) electrons. The van der Waals surface area contributed by atoms with E-state index < -0.39 is 5.67 Å². The van der Waals surface area contributed by atoms with E-state index in [2.05, 4.69) is 43.6 Å². The molecule has 3 unspecified atom stereocenters. The number of nitrogens with zero attached hydrogens (tertiary/aromatic N) is 4. The molecule has 0 N–H and O–H groups in total. The fraction of sp³-hybridized carbons (Fsp3) is 0.481. The fourth-order valence-electron chi connectivity index (χ4n) is 5.41. The maximum absolute atomic E-state index is 16.6. The molecule has 4 nitrogen and oxygen atoms in total. The highest BCUT2D eigenvalue weighted by Crippen LogP contribution is 2.57. The van der Waals surface area contributed by atoms with Crippen molar-refractivity contribution in [3.8, 4) is 0 Å². The van der Waals surface area contributed by atoms with E-state index in [1.807, 2.05) is 57.4 Å². The van der Waals surface area contributed by atoms with Crippen LogP contribution in [-0.4, -0.2) is 23.2 Å². The van der Waals surface area contributed by atoms with Gasteiger partial charge in [0.15, 0.2) is 11.6 Å². The Labute approximate surface area is 191 Å². The number of aromatic nitrogens is 2. The molecule has 5 heteroatoms. The van der Waals surface area contributed by atoms with Crippen molar-refractivity contribution in [2.45, 2.75) is 66.2 Å². The summed E-state index contributed by atoms with van der Waals surface area (Å²) in [7, 11) is 2.04. The summed E-state index contributed by atoms with van der Waals surface area (Å²) in [5.74, 6) is 1.82. The normalized spacial score (nSPS) is 25.2. The maximum Gasteiger partial charge on any atom is 0.161 e. The molecule has 1 aromatic heterocycles.